The fourth-order valence-corrected chi connectivity index (χ4v) is 1.90. The second-order valence-corrected chi connectivity index (χ2v) is 4.84. The van der Waals surface area contributed by atoms with Crippen LogP contribution < -0.4 is 0 Å². The topological polar surface area (TPSA) is 116 Å². The minimum atomic E-state index is -1.29. The first-order chi connectivity index (χ1) is 8.91. The van der Waals surface area contributed by atoms with Gasteiger partial charge in [-0.05, 0) is 19.8 Å². The van der Waals surface area contributed by atoms with Crippen LogP contribution in [0.3, 0.4) is 0 Å². The molecule has 5 atom stereocenters. The lowest BCUT2D eigenvalue weighted by Gasteiger charge is -2.36. The molecular weight excluding hydrogens is 256 g/mol. The van der Waals surface area contributed by atoms with Crippen LogP contribution in [0.1, 0.15) is 32.6 Å². The fourth-order valence-electron chi connectivity index (χ4n) is 1.90. The van der Waals surface area contributed by atoms with Crippen molar-refractivity contribution in [2.24, 2.45) is 0 Å². The molecular formula is C12H22O7. The second kappa shape index (κ2) is 7.76. The average Bonchev–Trinajstić information content (AvgIpc) is 2.35. The molecule has 1 unspecified atom stereocenters. The van der Waals surface area contributed by atoms with Gasteiger partial charge in [-0.1, -0.05) is 6.42 Å². The molecule has 1 rings (SSSR count). The monoisotopic (exact) mass is 278 g/mol. The highest BCUT2D eigenvalue weighted by Gasteiger charge is 2.38. The molecule has 1 aliphatic rings. The number of aliphatic hydroxyl groups is 3. The van der Waals surface area contributed by atoms with E-state index in [4.69, 9.17) is 14.6 Å². The second-order valence-electron chi connectivity index (χ2n) is 4.84. The highest BCUT2D eigenvalue weighted by Crippen LogP contribution is 2.19. The minimum absolute atomic E-state index is 0.0887. The van der Waals surface area contributed by atoms with Gasteiger partial charge in [-0.25, -0.2) is 0 Å². The predicted octanol–water partition coefficient (Wildman–Crippen LogP) is -0.525. The summed E-state index contributed by atoms with van der Waals surface area (Å²) in [7, 11) is 0. The average molecular weight is 278 g/mol. The Morgan fingerprint density at radius 2 is 2.00 bits per heavy atom. The summed E-state index contributed by atoms with van der Waals surface area (Å²) < 4.78 is 10.6. The van der Waals surface area contributed by atoms with Crippen molar-refractivity contribution >= 4 is 5.97 Å². The van der Waals surface area contributed by atoms with Crippen molar-refractivity contribution in [3.8, 4) is 0 Å². The molecule has 1 aliphatic heterocycles. The quantitative estimate of drug-likeness (QED) is 0.463. The zero-order valence-electron chi connectivity index (χ0n) is 10.9. The molecule has 7 nitrogen and oxygen atoms in total. The van der Waals surface area contributed by atoms with Gasteiger partial charge >= 0.3 is 5.97 Å². The first kappa shape index (κ1) is 16.3. The smallest absolute Gasteiger partial charge is 0.303 e. The van der Waals surface area contributed by atoms with Crippen molar-refractivity contribution in [2.75, 3.05) is 6.61 Å². The zero-order chi connectivity index (χ0) is 14.4. The predicted molar refractivity (Wildman–Crippen MR) is 64.4 cm³/mol. The van der Waals surface area contributed by atoms with E-state index in [2.05, 4.69) is 0 Å². The van der Waals surface area contributed by atoms with Gasteiger partial charge in [0.1, 0.15) is 18.3 Å². The number of carboxylic acids is 1. The number of aliphatic carboxylic acids is 1. The van der Waals surface area contributed by atoms with Gasteiger partial charge in [-0.15, -0.1) is 0 Å². The Labute approximate surface area is 111 Å². The first-order valence-electron chi connectivity index (χ1n) is 6.45. The van der Waals surface area contributed by atoms with Gasteiger partial charge < -0.3 is 29.9 Å². The molecule has 1 fully saturated rings. The molecule has 0 aromatic rings. The van der Waals surface area contributed by atoms with Gasteiger partial charge in [0.05, 0.1) is 12.7 Å². The number of aliphatic hydroxyl groups excluding tert-OH is 3. The van der Waals surface area contributed by atoms with Crippen LogP contribution in [0.4, 0.5) is 0 Å². The highest BCUT2D eigenvalue weighted by molar-refractivity contribution is 5.66. The fraction of sp³-hybridized carbons (Fsp3) is 0.917. The van der Waals surface area contributed by atoms with Crippen molar-refractivity contribution < 1.29 is 34.7 Å². The number of carbonyl (C=O) groups is 1. The molecule has 0 amide bonds. The van der Waals surface area contributed by atoms with E-state index in [9.17, 15) is 20.1 Å². The van der Waals surface area contributed by atoms with E-state index in [1.54, 1.807) is 6.92 Å². The highest BCUT2D eigenvalue weighted by atomic mass is 16.7. The molecule has 1 heterocycles. The Bertz CT molecular complexity index is 283. The summed E-state index contributed by atoms with van der Waals surface area (Å²) >= 11 is 0. The lowest BCUT2D eigenvalue weighted by atomic mass is 10.1. The standard InChI is InChI=1S/C12H22O7/c1-7(4-2-3-5-9(14)15)19-12-11(17)10(16)8(13)6-18-12/h7-8,10-13,16-17H,2-6H2,1H3,(H,14,15)/t7?,8-,10+,11+,12-/m0/s1. The number of ether oxygens (including phenoxy) is 2. The molecule has 0 aliphatic carbocycles. The Balaban J connectivity index is 2.24. The lowest BCUT2D eigenvalue weighted by Crippen LogP contribution is -2.54. The van der Waals surface area contributed by atoms with Crippen molar-refractivity contribution in [1.82, 2.24) is 0 Å². The maximum atomic E-state index is 10.3. The number of hydrogen-bond acceptors (Lipinski definition) is 6. The maximum absolute atomic E-state index is 10.3. The van der Waals surface area contributed by atoms with E-state index >= 15 is 0 Å². The van der Waals surface area contributed by atoms with E-state index < -0.39 is 30.6 Å². The van der Waals surface area contributed by atoms with Gasteiger partial charge in [0.25, 0.3) is 0 Å². The van der Waals surface area contributed by atoms with Crippen LogP contribution in [0.2, 0.25) is 0 Å². The Morgan fingerprint density at radius 1 is 1.32 bits per heavy atom. The summed E-state index contributed by atoms with van der Waals surface area (Å²) in [6.45, 7) is 1.70. The normalized spacial score (nSPS) is 33.1. The summed E-state index contributed by atoms with van der Waals surface area (Å²) in [5, 5.41) is 36.9. The number of rotatable bonds is 7. The summed E-state index contributed by atoms with van der Waals surface area (Å²) in [6, 6.07) is 0. The van der Waals surface area contributed by atoms with Crippen molar-refractivity contribution in [2.45, 2.75) is 63.3 Å². The third kappa shape index (κ3) is 5.42. The molecule has 0 radical (unpaired) electrons. The van der Waals surface area contributed by atoms with Crippen molar-refractivity contribution in [3.63, 3.8) is 0 Å². The number of carboxylic acid groups (broad SMARTS) is 1. The molecule has 112 valence electrons. The molecule has 0 aromatic heterocycles. The van der Waals surface area contributed by atoms with Gasteiger partial charge in [0.2, 0.25) is 0 Å². The van der Waals surface area contributed by atoms with E-state index in [-0.39, 0.29) is 19.1 Å². The van der Waals surface area contributed by atoms with Crippen LogP contribution in [0.15, 0.2) is 0 Å². The zero-order valence-corrected chi connectivity index (χ0v) is 10.9. The first-order valence-corrected chi connectivity index (χ1v) is 6.45. The maximum Gasteiger partial charge on any atom is 0.303 e. The van der Waals surface area contributed by atoms with Gasteiger partial charge in [0.15, 0.2) is 6.29 Å². The van der Waals surface area contributed by atoms with Gasteiger partial charge in [0, 0.05) is 6.42 Å². The molecule has 0 saturated carbocycles. The SMILES string of the molecule is CC(CCCCC(=O)O)O[C@@H]1OC[C@H](O)[C@@H](O)[C@H]1O. The Hall–Kier alpha value is -0.730. The van der Waals surface area contributed by atoms with E-state index in [1.165, 1.54) is 0 Å². The number of hydrogen-bond donors (Lipinski definition) is 4. The third-order valence-corrected chi connectivity index (χ3v) is 3.07. The Morgan fingerprint density at radius 3 is 2.63 bits per heavy atom. The van der Waals surface area contributed by atoms with E-state index in [0.29, 0.717) is 19.3 Å². The minimum Gasteiger partial charge on any atom is -0.481 e. The van der Waals surface area contributed by atoms with E-state index in [1.807, 2.05) is 0 Å². The number of unbranched alkanes of at least 4 members (excludes halogenated alkanes) is 1. The molecule has 0 aromatic carbocycles. The summed E-state index contributed by atoms with van der Waals surface area (Å²) in [6.07, 6.45) is -2.84. The van der Waals surface area contributed by atoms with Crippen LogP contribution >= 0.6 is 0 Å². The molecule has 0 bridgehead atoms. The van der Waals surface area contributed by atoms with Crippen LogP contribution in [0, 0.1) is 0 Å². The summed E-state index contributed by atoms with van der Waals surface area (Å²) in [5.74, 6) is -0.822. The Kier molecular flexibility index (Phi) is 6.67. The van der Waals surface area contributed by atoms with Gasteiger partial charge in [-0.2, -0.15) is 0 Å². The summed E-state index contributed by atoms with van der Waals surface area (Å²) in [5.41, 5.74) is 0. The van der Waals surface area contributed by atoms with Gasteiger partial charge in [-0.3, -0.25) is 4.79 Å². The molecule has 19 heavy (non-hydrogen) atoms. The lowest BCUT2D eigenvalue weighted by molar-refractivity contribution is -0.281. The molecule has 4 N–H and O–H groups in total. The molecule has 0 spiro atoms. The largest absolute Gasteiger partial charge is 0.481 e. The van der Waals surface area contributed by atoms with Crippen LogP contribution in [0.5, 0.6) is 0 Å². The summed E-state index contributed by atoms with van der Waals surface area (Å²) in [4.78, 5) is 10.3. The van der Waals surface area contributed by atoms with Crippen molar-refractivity contribution in [3.05, 3.63) is 0 Å². The van der Waals surface area contributed by atoms with Crippen molar-refractivity contribution in [1.29, 1.82) is 0 Å². The van der Waals surface area contributed by atoms with Crippen LogP contribution in [-0.4, -0.2) is 63.7 Å². The van der Waals surface area contributed by atoms with Crippen LogP contribution in [0.25, 0.3) is 0 Å². The third-order valence-electron chi connectivity index (χ3n) is 3.07. The van der Waals surface area contributed by atoms with Crippen LogP contribution in [-0.2, 0) is 14.3 Å². The molecule has 1 saturated heterocycles. The molecule has 7 heteroatoms. The van der Waals surface area contributed by atoms with E-state index in [0.717, 1.165) is 0 Å².